The minimum Gasteiger partial charge on any atom is -0.352 e. The van der Waals surface area contributed by atoms with Crippen molar-refractivity contribution < 1.29 is 4.79 Å². The quantitative estimate of drug-likeness (QED) is 0.771. The number of hydrogen-bond donors (Lipinski definition) is 2. The van der Waals surface area contributed by atoms with Crippen molar-refractivity contribution in [2.45, 2.75) is 18.9 Å². The molecular weight excluding hydrogens is 332 g/mol. The molecule has 2 amide bonds. The van der Waals surface area contributed by atoms with E-state index in [0.29, 0.717) is 5.84 Å². The number of rotatable bonds is 1. The van der Waals surface area contributed by atoms with Crippen molar-refractivity contribution in [3.05, 3.63) is 60.2 Å². The molecule has 0 spiro atoms. The van der Waals surface area contributed by atoms with Crippen molar-refractivity contribution in [2.75, 3.05) is 11.9 Å². The van der Waals surface area contributed by atoms with Crippen LogP contribution in [0.4, 0.5) is 16.2 Å². The monoisotopic (exact) mass is 350 g/mol. The van der Waals surface area contributed by atoms with E-state index in [0.717, 1.165) is 41.3 Å². The number of carbonyl (C=O) groups is 1. The second-order valence-electron chi connectivity index (χ2n) is 6.12. The van der Waals surface area contributed by atoms with Gasteiger partial charge < -0.3 is 10.2 Å². The Bertz CT molecular complexity index is 850. The Morgan fingerprint density at radius 1 is 1.08 bits per heavy atom. The third-order valence-corrected chi connectivity index (χ3v) is 4.93. The van der Waals surface area contributed by atoms with Crippen molar-refractivity contribution >= 4 is 40.4 Å². The number of aliphatic imine (C=N–C) groups is 1. The number of urea groups is 1. The van der Waals surface area contributed by atoms with E-state index in [9.17, 15) is 4.79 Å². The molecule has 0 aliphatic carbocycles. The Hall–Kier alpha value is -2.73. The molecule has 5 nitrogen and oxygen atoms in total. The first-order chi connectivity index (χ1) is 12.2. The number of anilines is 1. The van der Waals surface area contributed by atoms with Gasteiger partial charge in [0.15, 0.2) is 0 Å². The summed E-state index contributed by atoms with van der Waals surface area (Å²) in [6.45, 7) is 0.888. The first-order valence-corrected chi connectivity index (χ1v) is 8.75. The molecule has 0 bridgehead atoms. The topological polar surface area (TPSA) is 56.7 Å². The minimum absolute atomic E-state index is 0.0152. The van der Waals surface area contributed by atoms with Gasteiger partial charge in [0, 0.05) is 17.8 Å². The smallest absolute Gasteiger partial charge is 0.324 e. The summed E-state index contributed by atoms with van der Waals surface area (Å²) in [4.78, 5) is 20.1. The fraction of sp³-hybridized carbons (Fsp3) is 0.211. The van der Waals surface area contributed by atoms with Crippen molar-refractivity contribution in [2.24, 2.45) is 4.99 Å². The Morgan fingerprint density at radius 3 is 2.68 bits per heavy atom. The van der Waals surface area contributed by atoms with Crippen LogP contribution in [-0.2, 0) is 0 Å². The van der Waals surface area contributed by atoms with Crippen LogP contribution in [0.5, 0.6) is 0 Å². The zero-order valence-electron chi connectivity index (χ0n) is 13.6. The van der Waals surface area contributed by atoms with Gasteiger partial charge >= 0.3 is 6.03 Å². The van der Waals surface area contributed by atoms with Crippen LogP contribution in [-0.4, -0.2) is 34.3 Å². The van der Waals surface area contributed by atoms with E-state index in [1.807, 2.05) is 54.6 Å². The second-order valence-corrected chi connectivity index (χ2v) is 6.50. The molecule has 6 heteroatoms. The average Bonchev–Trinajstić information content (AvgIpc) is 3.08. The molecule has 1 atom stereocenters. The molecule has 1 fully saturated rings. The number of fused-ring (bicyclic) bond motifs is 2. The number of hydrogen-bond acceptors (Lipinski definition) is 3. The van der Waals surface area contributed by atoms with E-state index in [2.05, 4.69) is 15.5 Å². The highest BCUT2D eigenvalue weighted by molar-refractivity contribution is 7.80. The molecule has 0 aromatic heterocycles. The maximum atomic E-state index is 12.4. The maximum absolute atomic E-state index is 12.4. The van der Waals surface area contributed by atoms with Crippen molar-refractivity contribution in [3.8, 4) is 0 Å². The molecular formula is C19H18N4OS. The molecule has 2 aromatic carbocycles. The summed E-state index contributed by atoms with van der Waals surface area (Å²) >= 11 is 5.68. The van der Waals surface area contributed by atoms with Crippen LogP contribution in [0, 0.1) is 0 Å². The fourth-order valence-electron chi connectivity index (χ4n) is 3.32. The van der Waals surface area contributed by atoms with Crippen LogP contribution in [0.25, 0.3) is 0 Å². The van der Waals surface area contributed by atoms with E-state index in [1.165, 1.54) is 0 Å². The zero-order valence-corrected chi connectivity index (χ0v) is 14.4. The van der Waals surface area contributed by atoms with Crippen molar-refractivity contribution in [1.82, 2.24) is 10.2 Å². The molecule has 2 aliphatic rings. The molecule has 25 heavy (non-hydrogen) atoms. The van der Waals surface area contributed by atoms with Gasteiger partial charge in [-0.25, -0.2) is 9.79 Å². The summed E-state index contributed by atoms with van der Waals surface area (Å²) < 4.78 is 0. The molecule has 4 rings (SSSR count). The van der Waals surface area contributed by atoms with Gasteiger partial charge in [0.1, 0.15) is 10.8 Å². The summed E-state index contributed by atoms with van der Waals surface area (Å²) in [5.74, 6) is 0.651. The van der Waals surface area contributed by atoms with Gasteiger partial charge in [0.25, 0.3) is 0 Å². The summed E-state index contributed by atoms with van der Waals surface area (Å²) in [6, 6.07) is 16.9. The SMILES string of the molecule is O=C(NC1=Nc2ccccc2C(=S)N2CCC[C@@H]12)Nc1ccccc1. The molecule has 1 saturated heterocycles. The lowest BCUT2D eigenvalue weighted by Gasteiger charge is -2.26. The van der Waals surface area contributed by atoms with Gasteiger partial charge in [-0.15, -0.1) is 0 Å². The van der Waals surface area contributed by atoms with Crippen molar-refractivity contribution in [3.63, 3.8) is 0 Å². The first kappa shape index (κ1) is 15.8. The van der Waals surface area contributed by atoms with E-state index in [-0.39, 0.29) is 12.1 Å². The molecule has 2 aromatic rings. The number of amidine groups is 1. The second kappa shape index (κ2) is 6.64. The van der Waals surface area contributed by atoms with Crippen LogP contribution in [0.15, 0.2) is 59.6 Å². The molecule has 0 radical (unpaired) electrons. The predicted octanol–water partition coefficient (Wildman–Crippen LogP) is 3.69. The summed E-state index contributed by atoms with van der Waals surface area (Å²) in [7, 11) is 0. The molecule has 0 unspecified atom stereocenters. The Morgan fingerprint density at radius 2 is 1.84 bits per heavy atom. The van der Waals surface area contributed by atoms with E-state index in [1.54, 1.807) is 0 Å². The Kier molecular flexibility index (Phi) is 4.19. The van der Waals surface area contributed by atoms with E-state index < -0.39 is 0 Å². The molecule has 2 heterocycles. The Labute approximate surface area is 151 Å². The van der Waals surface area contributed by atoms with Crippen LogP contribution in [0.3, 0.4) is 0 Å². The van der Waals surface area contributed by atoms with Gasteiger partial charge in [-0.1, -0.05) is 42.5 Å². The third kappa shape index (κ3) is 3.13. The lowest BCUT2D eigenvalue weighted by atomic mass is 10.1. The maximum Gasteiger partial charge on any atom is 0.324 e. The lowest BCUT2D eigenvalue weighted by molar-refractivity contribution is 0.255. The molecule has 2 aliphatic heterocycles. The van der Waals surface area contributed by atoms with E-state index in [4.69, 9.17) is 17.2 Å². The lowest BCUT2D eigenvalue weighted by Crippen LogP contribution is -2.47. The Balaban J connectivity index is 1.62. The highest BCUT2D eigenvalue weighted by Gasteiger charge is 2.35. The summed E-state index contributed by atoms with van der Waals surface area (Å²) in [5, 5.41) is 5.78. The summed E-state index contributed by atoms with van der Waals surface area (Å²) in [5.41, 5.74) is 2.50. The van der Waals surface area contributed by atoms with Gasteiger partial charge in [0.05, 0.1) is 11.7 Å². The van der Waals surface area contributed by atoms with Gasteiger partial charge in [-0.05, 0) is 37.1 Å². The first-order valence-electron chi connectivity index (χ1n) is 8.34. The average molecular weight is 350 g/mol. The zero-order chi connectivity index (χ0) is 17.2. The normalized spacial score (nSPS) is 18.7. The molecule has 2 N–H and O–H groups in total. The van der Waals surface area contributed by atoms with Crippen LogP contribution in [0.2, 0.25) is 0 Å². The molecule has 0 saturated carbocycles. The number of nitrogens with zero attached hydrogens (tertiary/aromatic N) is 2. The third-order valence-electron chi connectivity index (χ3n) is 4.48. The van der Waals surface area contributed by atoms with Crippen molar-refractivity contribution in [1.29, 1.82) is 0 Å². The summed E-state index contributed by atoms with van der Waals surface area (Å²) in [6.07, 6.45) is 1.96. The molecule has 126 valence electrons. The van der Waals surface area contributed by atoms with Crippen LogP contribution < -0.4 is 10.6 Å². The predicted molar refractivity (Wildman–Crippen MR) is 104 cm³/mol. The van der Waals surface area contributed by atoms with E-state index >= 15 is 0 Å². The number of benzene rings is 2. The number of carbonyl (C=O) groups excluding carboxylic acids is 1. The highest BCUT2D eigenvalue weighted by atomic mass is 32.1. The van der Waals surface area contributed by atoms with Gasteiger partial charge in [-0.3, -0.25) is 5.32 Å². The number of amides is 2. The van der Waals surface area contributed by atoms with Crippen LogP contribution in [0.1, 0.15) is 18.4 Å². The van der Waals surface area contributed by atoms with Gasteiger partial charge in [0.2, 0.25) is 0 Å². The number of thiocarbonyl (C=S) groups is 1. The van der Waals surface area contributed by atoms with Crippen LogP contribution >= 0.6 is 12.2 Å². The number of para-hydroxylation sites is 2. The standard InChI is InChI=1S/C19H18N4OS/c24-19(20-13-7-2-1-3-8-13)22-17-16-11-6-12-23(16)18(25)14-9-4-5-10-15(14)21-17/h1-5,7-10,16H,6,11-12H2,(H2,20,21,22,24)/t16-/m0/s1. The highest BCUT2D eigenvalue weighted by Crippen LogP contribution is 2.30. The van der Waals surface area contributed by atoms with Gasteiger partial charge in [-0.2, -0.15) is 0 Å². The largest absolute Gasteiger partial charge is 0.352 e. The fourth-order valence-corrected chi connectivity index (χ4v) is 3.71. The minimum atomic E-state index is -0.290. The number of nitrogens with one attached hydrogen (secondary N) is 2.